The number of aromatic carboxylic acids is 1. The lowest BCUT2D eigenvalue weighted by atomic mass is 10.1. The number of rotatable bonds is 2. The Morgan fingerprint density at radius 1 is 1.35 bits per heavy atom. The zero-order valence-electron chi connectivity index (χ0n) is 8.96. The second kappa shape index (κ2) is 3.92. The minimum atomic E-state index is -0.903. The molecule has 1 aliphatic heterocycles. The van der Waals surface area contributed by atoms with Crippen LogP contribution in [-0.4, -0.2) is 26.4 Å². The minimum Gasteiger partial charge on any atom is -0.478 e. The number of hydrogen-bond acceptors (Lipinski definition) is 3. The van der Waals surface area contributed by atoms with E-state index in [1.807, 2.05) is 6.20 Å². The van der Waals surface area contributed by atoms with Crippen molar-refractivity contribution in [1.82, 2.24) is 9.55 Å². The van der Waals surface area contributed by atoms with Crippen molar-refractivity contribution in [3.8, 4) is 11.3 Å². The van der Waals surface area contributed by atoms with Gasteiger partial charge in [-0.3, -0.25) is 0 Å². The summed E-state index contributed by atoms with van der Waals surface area (Å²) in [5.41, 5.74) is 2.16. The molecular formula is C12H10N2O2S. The molecule has 1 aromatic carbocycles. The monoisotopic (exact) mass is 246 g/mol. The molecule has 4 nitrogen and oxygen atoms in total. The molecule has 2 aromatic rings. The predicted octanol–water partition coefficient (Wildman–Crippen LogP) is 2.35. The van der Waals surface area contributed by atoms with Gasteiger partial charge in [-0.1, -0.05) is 23.9 Å². The van der Waals surface area contributed by atoms with Gasteiger partial charge >= 0.3 is 5.97 Å². The molecule has 0 fully saturated rings. The third-order valence-electron chi connectivity index (χ3n) is 2.73. The van der Waals surface area contributed by atoms with Crippen LogP contribution >= 0.6 is 11.8 Å². The summed E-state index contributed by atoms with van der Waals surface area (Å²) in [4.78, 5) is 15.3. The average Bonchev–Trinajstić information content (AvgIpc) is 2.89. The van der Waals surface area contributed by atoms with Crippen molar-refractivity contribution in [2.45, 2.75) is 11.7 Å². The van der Waals surface area contributed by atoms with Gasteiger partial charge in [0.2, 0.25) is 0 Å². The normalized spacial score (nSPS) is 13.6. The lowest BCUT2D eigenvalue weighted by Gasteiger charge is -1.98. The fourth-order valence-corrected chi connectivity index (χ4v) is 2.78. The van der Waals surface area contributed by atoms with Crippen molar-refractivity contribution in [2.75, 3.05) is 5.75 Å². The molecule has 0 saturated carbocycles. The highest BCUT2D eigenvalue weighted by Gasteiger charge is 2.15. The summed E-state index contributed by atoms with van der Waals surface area (Å²) in [6, 6.07) is 6.81. The molecule has 0 amide bonds. The summed E-state index contributed by atoms with van der Waals surface area (Å²) in [5.74, 6) is 0.181. The van der Waals surface area contributed by atoms with E-state index >= 15 is 0 Å². The van der Waals surface area contributed by atoms with Gasteiger partial charge in [-0.05, 0) is 12.1 Å². The smallest absolute Gasteiger partial charge is 0.335 e. The van der Waals surface area contributed by atoms with Crippen LogP contribution in [0.2, 0.25) is 0 Å². The van der Waals surface area contributed by atoms with Crippen molar-refractivity contribution in [3.05, 3.63) is 36.0 Å². The Hall–Kier alpha value is -1.75. The molecule has 0 aliphatic carbocycles. The molecule has 5 heteroatoms. The highest BCUT2D eigenvalue weighted by atomic mass is 32.2. The zero-order valence-corrected chi connectivity index (χ0v) is 9.78. The Morgan fingerprint density at radius 3 is 2.76 bits per heavy atom. The van der Waals surface area contributed by atoms with Crippen molar-refractivity contribution in [2.24, 2.45) is 0 Å². The molecule has 0 radical (unpaired) electrons. The van der Waals surface area contributed by atoms with Gasteiger partial charge in [-0.15, -0.1) is 0 Å². The summed E-state index contributed by atoms with van der Waals surface area (Å²) in [5, 5.41) is 9.86. The third kappa shape index (κ3) is 1.82. The number of nitrogens with zero attached hydrogens (tertiary/aromatic N) is 2. The van der Waals surface area contributed by atoms with Gasteiger partial charge < -0.3 is 9.67 Å². The Labute approximate surface area is 102 Å². The second-order valence-electron chi connectivity index (χ2n) is 3.83. The van der Waals surface area contributed by atoms with Crippen molar-refractivity contribution >= 4 is 17.7 Å². The molecule has 86 valence electrons. The van der Waals surface area contributed by atoms with Gasteiger partial charge in [-0.2, -0.15) is 0 Å². The van der Waals surface area contributed by atoms with Crippen LogP contribution < -0.4 is 0 Å². The van der Waals surface area contributed by atoms with Gasteiger partial charge in [0, 0.05) is 24.1 Å². The summed E-state index contributed by atoms with van der Waals surface area (Å²) in [6.07, 6.45) is 2.02. The molecular weight excluding hydrogens is 236 g/mol. The molecule has 1 aliphatic rings. The van der Waals surface area contributed by atoms with E-state index in [0.29, 0.717) is 5.56 Å². The number of imidazole rings is 1. The highest BCUT2D eigenvalue weighted by molar-refractivity contribution is 7.99. The predicted molar refractivity (Wildman–Crippen MR) is 65.3 cm³/mol. The summed E-state index contributed by atoms with van der Waals surface area (Å²) >= 11 is 1.75. The number of benzene rings is 1. The lowest BCUT2D eigenvalue weighted by molar-refractivity contribution is 0.0697. The van der Waals surface area contributed by atoms with Crippen LogP contribution in [0.15, 0.2) is 35.6 Å². The quantitative estimate of drug-likeness (QED) is 0.883. The third-order valence-corrected chi connectivity index (χ3v) is 3.70. The van der Waals surface area contributed by atoms with Crippen molar-refractivity contribution in [1.29, 1.82) is 0 Å². The Kier molecular flexibility index (Phi) is 2.40. The number of aryl methyl sites for hydroxylation is 1. The number of carboxylic acid groups (broad SMARTS) is 1. The Balaban J connectivity index is 1.95. The van der Waals surface area contributed by atoms with Gasteiger partial charge in [-0.25, -0.2) is 9.78 Å². The molecule has 1 N–H and O–H groups in total. The number of carboxylic acids is 1. The first kappa shape index (κ1) is 10.4. The van der Waals surface area contributed by atoms with E-state index in [-0.39, 0.29) is 0 Å². The van der Waals surface area contributed by atoms with Gasteiger partial charge in [0.15, 0.2) is 5.16 Å². The van der Waals surface area contributed by atoms with Crippen molar-refractivity contribution < 1.29 is 9.90 Å². The van der Waals surface area contributed by atoms with Crippen LogP contribution in [0, 0.1) is 0 Å². The molecule has 0 atom stereocenters. The maximum absolute atomic E-state index is 10.7. The first-order valence-electron chi connectivity index (χ1n) is 5.28. The fraction of sp³-hybridized carbons (Fsp3) is 0.167. The molecule has 0 spiro atoms. The van der Waals surface area contributed by atoms with Gasteiger partial charge in [0.25, 0.3) is 0 Å². The highest BCUT2D eigenvalue weighted by Crippen LogP contribution is 2.28. The molecule has 0 saturated heterocycles. The zero-order chi connectivity index (χ0) is 11.8. The maximum Gasteiger partial charge on any atom is 0.335 e. The molecule has 2 heterocycles. The van der Waals surface area contributed by atoms with Gasteiger partial charge in [0.1, 0.15) is 0 Å². The number of thioether (sulfide) groups is 1. The van der Waals surface area contributed by atoms with Gasteiger partial charge in [0.05, 0.1) is 11.3 Å². The Bertz CT molecular complexity index is 553. The van der Waals surface area contributed by atoms with Crippen LogP contribution in [-0.2, 0) is 6.54 Å². The van der Waals surface area contributed by atoms with Crippen LogP contribution in [0.1, 0.15) is 10.4 Å². The molecule has 0 unspecified atom stereocenters. The first-order chi connectivity index (χ1) is 8.24. The standard InChI is InChI=1S/C12H10N2O2S/c15-11(16)9-3-1-8(2-4-9)10-7-14-5-6-17-12(14)13-10/h1-4,7H,5-6H2,(H,15,16). The van der Waals surface area contributed by atoms with E-state index < -0.39 is 5.97 Å². The van der Waals surface area contributed by atoms with Crippen LogP contribution in [0.25, 0.3) is 11.3 Å². The topological polar surface area (TPSA) is 55.1 Å². The molecule has 3 rings (SSSR count). The number of aromatic nitrogens is 2. The number of carbonyl (C=O) groups is 1. The van der Waals surface area contributed by atoms with E-state index in [9.17, 15) is 4.79 Å². The Morgan fingerprint density at radius 2 is 2.12 bits per heavy atom. The van der Waals surface area contributed by atoms with E-state index in [4.69, 9.17) is 5.11 Å². The molecule has 0 bridgehead atoms. The molecule has 1 aromatic heterocycles. The van der Waals surface area contributed by atoms with Crippen LogP contribution in [0.3, 0.4) is 0 Å². The van der Waals surface area contributed by atoms with E-state index in [1.165, 1.54) is 0 Å². The first-order valence-corrected chi connectivity index (χ1v) is 6.26. The summed E-state index contributed by atoms with van der Waals surface area (Å²) in [7, 11) is 0. The molecule has 17 heavy (non-hydrogen) atoms. The van der Waals surface area contributed by atoms with E-state index in [0.717, 1.165) is 28.7 Å². The summed E-state index contributed by atoms with van der Waals surface area (Å²) < 4.78 is 2.13. The van der Waals surface area contributed by atoms with Crippen LogP contribution in [0.4, 0.5) is 0 Å². The lowest BCUT2D eigenvalue weighted by Crippen LogP contribution is -1.95. The average molecular weight is 246 g/mol. The van der Waals surface area contributed by atoms with E-state index in [1.54, 1.807) is 36.0 Å². The summed E-state index contributed by atoms with van der Waals surface area (Å²) in [6.45, 7) is 1.00. The minimum absolute atomic E-state index is 0.301. The number of hydrogen-bond donors (Lipinski definition) is 1. The second-order valence-corrected chi connectivity index (χ2v) is 4.90. The SMILES string of the molecule is O=C(O)c1ccc(-c2cn3c(n2)SCC3)cc1. The van der Waals surface area contributed by atoms with Crippen molar-refractivity contribution in [3.63, 3.8) is 0 Å². The van der Waals surface area contributed by atoms with E-state index in [2.05, 4.69) is 9.55 Å². The van der Waals surface area contributed by atoms with Crippen LogP contribution in [0.5, 0.6) is 0 Å². The fourth-order valence-electron chi connectivity index (χ4n) is 1.83. The number of fused-ring (bicyclic) bond motifs is 1. The maximum atomic E-state index is 10.7. The largest absolute Gasteiger partial charge is 0.478 e.